The molecule has 1 aliphatic heterocycles. The second kappa shape index (κ2) is 7.70. The molecule has 150 valence electrons. The van der Waals surface area contributed by atoms with E-state index in [1.54, 1.807) is 27.2 Å². The molecule has 4 rings (SSSR count). The molecule has 0 bridgehead atoms. The molecule has 2 aromatic carbocycles. The molecule has 1 atom stereocenters. The number of hydrogen-bond donors (Lipinski definition) is 0. The fourth-order valence-electron chi connectivity index (χ4n) is 4.02. The van der Waals surface area contributed by atoms with Crippen LogP contribution in [0.1, 0.15) is 40.5 Å². The summed E-state index contributed by atoms with van der Waals surface area (Å²) in [5.74, 6) is 0.916. The predicted molar refractivity (Wildman–Crippen MR) is 109 cm³/mol. The van der Waals surface area contributed by atoms with Crippen molar-refractivity contribution >= 4 is 16.8 Å². The highest BCUT2D eigenvalue weighted by molar-refractivity contribution is 5.99. The lowest BCUT2D eigenvalue weighted by molar-refractivity contribution is 0.0734. The molecule has 29 heavy (non-hydrogen) atoms. The lowest BCUT2D eigenvalue weighted by Gasteiger charge is -2.26. The summed E-state index contributed by atoms with van der Waals surface area (Å²) in [6.45, 7) is 2.47. The van der Waals surface area contributed by atoms with E-state index < -0.39 is 0 Å². The molecule has 0 spiro atoms. The minimum atomic E-state index is -0.337. The Morgan fingerprint density at radius 3 is 2.66 bits per heavy atom. The second-order valence-corrected chi connectivity index (χ2v) is 7.23. The number of amides is 1. The first kappa shape index (κ1) is 19.2. The Morgan fingerprint density at radius 2 is 1.90 bits per heavy atom. The van der Waals surface area contributed by atoms with E-state index in [0.29, 0.717) is 34.8 Å². The number of aromatic nitrogens is 1. The minimum Gasteiger partial charge on any atom is -0.493 e. The lowest BCUT2D eigenvalue weighted by Crippen LogP contribution is -2.31. The average Bonchev–Trinajstić information content (AvgIpc) is 3.22. The largest absolute Gasteiger partial charge is 0.493 e. The van der Waals surface area contributed by atoms with Gasteiger partial charge in [-0.2, -0.15) is 0 Å². The van der Waals surface area contributed by atoms with E-state index in [2.05, 4.69) is 4.98 Å². The molecule has 1 aromatic heterocycles. The SMILES string of the molecule is COc1ccc([C@H]2CCCN2C(=O)c2cc3ccc(F)cc3nc2C)cc1OC. The Hall–Kier alpha value is -3.15. The molecule has 0 saturated carbocycles. The number of carbonyl (C=O) groups excluding carboxylic acids is 1. The number of hydrogen-bond acceptors (Lipinski definition) is 4. The highest BCUT2D eigenvalue weighted by Crippen LogP contribution is 2.38. The zero-order valence-corrected chi connectivity index (χ0v) is 16.7. The monoisotopic (exact) mass is 394 g/mol. The van der Waals surface area contributed by atoms with E-state index in [9.17, 15) is 9.18 Å². The van der Waals surface area contributed by atoms with Crippen LogP contribution in [0.15, 0.2) is 42.5 Å². The molecule has 1 fully saturated rings. The van der Waals surface area contributed by atoms with E-state index in [-0.39, 0.29) is 17.8 Å². The van der Waals surface area contributed by atoms with Crippen molar-refractivity contribution in [3.63, 3.8) is 0 Å². The molecule has 1 saturated heterocycles. The molecule has 0 radical (unpaired) electrons. The summed E-state index contributed by atoms with van der Waals surface area (Å²) >= 11 is 0. The molecule has 2 heterocycles. The van der Waals surface area contributed by atoms with Crippen LogP contribution in [0.5, 0.6) is 11.5 Å². The summed E-state index contributed by atoms with van der Waals surface area (Å²) in [4.78, 5) is 19.7. The van der Waals surface area contributed by atoms with Gasteiger partial charge in [-0.15, -0.1) is 0 Å². The maximum absolute atomic E-state index is 13.5. The van der Waals surface area contributed by atoms with Gasteiger partial charge in [-0.25, -0.2) is 4.39 Å². The zero-order chi connectivity index (χ0) is 20.5. The highest BCUT2D eigenvalue weighted by atomic mass is 19.1. The maximum Gasteiger partial charge on any atom is 0.256 e. The Morgan fingerprint density at radius 1 is 1.10 bits per heavy atom. The third-order valence-electron chi connectivity index (χ3n) is 5.51. The van der Waals surface area contributed by atoms with Crippen LogP contribution in [0.25, 0.3) is 10.9 Å². The summed E-state index contributed by atoms with van der Waals surface area (Å²) in [6.07, 6.45) is 1.81. The number of methoxy groups -OCH3 is 2. The highest BCUT2D eigenvalue weighted by Gasteiger charge is 2.32. The molecule has 0 N–H and O–H groups in total. The van der Waals surface area contributed by atoms with Crippen molar-refractivity contribution < 1.29 is 18.7 Å². The summed E-state index contributed by atoms with van der Waals surface area (Å²) in [6, 6.07) is 12.0. The van der Waals surface area contributed by atoms with Gasteiger partial charge < -0.3 is 14.4 Å². The first-order valence-electron chi connectivity index (χ1n) is 9.61. The standard InChI is InChI=1S/C23H23FN2O3/c1-14-18(11-15-6-8-17(24)13-19(15)25-14)23(27)26-10-4-5-20(26)16-7-9-21(28-2)22(12-16)29-3/h6-9,11-13,20H,4-5,10H2,1-3H3/t20-/m1/s1. The summed E-state index contributed by atoms with van der Waals surface area (Å²) in [7, 11) is 3.20. The Balaban J connectivity index is 1.69. The van der Waals surface area contributed by atoms with Crippen LogP contribution in [-0.4, -0.2) is 36.6 Å². The van der Waals surface area contributed by atoms with Crippen molar-refractivity contribution in [1.29, 1.82) is 0 Å². The van der Waals surface area contributed by atoms with Gasteiger partial charge in [-0.3, -0.25) is 9.78 Å². The Labute approximate surface area is 169 Å². The number of likely N-dealkylation sites (tertiary alicyclic amines) is 1. The van der Waals surface area contributed by atoms with Gasteiger partial charge in [0.1, 0.15) is 5.82 Å². The molecule has 3 aromatic rings. The van der Waals surface area contributed by atoms with Gasteiger partial charge >= 0.3 is 0 Å². The van der Waals surface area contributed by atoms with Gasteiger partial charge in [0.25, 0.3) is 5.91 Å². The van der Waals surface area contributed by atoms with Crippen LogP contribution in [-0.2, 0) is 0 Å². The van der Waals surface area contributed by atoms with Crippen molar-refractivity contribution in [3.05, 3.63) is 65.1 Å². The van der Waals surface area contributed by atoms with E-state index >= 15 is 0 Å². The fraction of sp³-hybridized carbons (Fsp3) is 0.304. The van der Waals surface area contributed by atoms with Gasteiger partial charge in [-0.05, 0) is 55.7 Å². The number of aryl methyl sites for hydroxylation is 1. The van der Waals surface area contributed by atoms with E-state index in [1.165, 1.54) is 12.1 Å². The fourth-order valence-corrected chi connectivity index (χ4v) is 4.02. The van der Waals surface area contributed by atoms with Gasteiger partial charge in [-0.1, -0.05) is 6.07 Å². The smallest absolute Gasteiger partial charge is 0.256 e. The van der Waals surface area contributed by atoms with Crippen LogP contribution >= 0.6 is 0 Å². The second-order valence-electron chi connectivity index (χ2n) is 7.23. The van der Waals surface area contributed by atoms with Crippen LogP contribution in [0.2, 0.25) is 0 Å². The Bertz CT molecular complexity index is 1080. The number of halogens is 1. The van der Waals surface area contributed by atoms with Crippen molar-refractivity contribution in [2.75, 3.05) is 20.8 Å². The third-order valence-corrected chi connectivity index (χ3v) is 5.51. The number of fused-ring (bicyclic) bond motifs is 1. The average molecular weight is 394 g/mol. The molecule has 0 unspecified atom stereocenters. The number of ether oxygens (including phenoxy) is 2. The van der Waals surface area contributed by atoms with Crippen molar-refractivity contribution in [2.24, 2.45) is 0 Å². The molecule has 5 nitrogen and oxygen atoms in total. The van der Waals surface area contributed by atoms with Gasteiger partial charge in [0.15, 0.2) is 11.5 Å². The van der Waals surface area contributed by atoms with Crippen molar-refractivity contribution in [1.82, 2.24) is 9.88 Å². The summed E-state index contributed by atoms with van der Waals surface area (Å²) in [5, 5.41) is 0.752. The molecular weight excluding hydrogens is 371 g/mol. The maximum atomic E-state index is 13.5. The zero-order valence-electron chi connectivity index (χ0n) is 16.7. The van der Waals surface area contributed by atoms with Crippen LogP contribution < -0.4 is 9.47 Å². The number of pyridine rings is 1. The molecular formula is C23H23FN2O3. The summed E-state index contributed by atoms with van der Waals surface area (Å²) in [5.41, 5.74) is 2.72. The number of nitrogens with zero attached hydrogens (tertiary/aromatic N) is 2. The predicted octanol–water partition coefficient (Wildman–Crippen LogP) is 4.68. The number of rotatable bonds is 4. The molecule has 1 aliphatic rings. The van der Waals surface area contributed by atoms with Gasteiger partial charge in [0.2, 0.25) is 0 Å². The first-order valence-corrected chi connectivity index (χ1v) is 9.61. The van der Waals surface area contributed by atoms with Crippen LogP contribution in [0.4, 0.5) is 4.39 Å². The number of carbonyl (C=O) groups is 1. The molecule has 0 aliphatic carbocycles. The number of benzene rings is 2. The normalized spacial score (nSPS) is 16.3. The summed E-state index contributed by atoms with van der Waals surface area (Å²) < 4.78 is 24.2. The van der Waals surface area contributed by atoms with E-state index in [4.69, 9.17) is 9.47 Å². The minimum absolute atomic E-state index is 0.0365. The van der Waals surface area contributed by atoms with Crippen LogP contribution in [0.3, 0.4) is 0 Å². The molecule has 1 amide bonds. The quantitative estimate of drug-likeness (QED) is 0.645. The first-order chi connectivity index (χ1) is 14.0. The molecule has 6 heteroatoms. The Kier molecular flexibility index (Phi) is 5.09. The van der Waals surface area contributed by atoms with Gasteiger partial charge in [0.05, 0.1) is 37.0 Å². The van der Waals surface area contributed by atoms with E-state index in [1.807, 2.05) is 29.2 Å². The topological polar surface area (TPSA) is 51.7 Å². The van der Waals surface area contributed by atoms with E-state index in [0.717, 1.165) is 23.8 Å². The van der Waals surface area contributed by atoms with Crippen molar-refractivity contribution in [2.45, 2.75) is 25.8 Å². The van der Waals surface area contributed by atoms with Crippen LogP contribution in [0, 0.1) is 12.7 Å². The lowest BCUT2D eigenvalue weighted by atomic mass is 10.0. The van der Waals surface area contributed by atoms with Crippen molar-refractivity contribution in [3.8, 4) is 11.5 Å². The third kappa shape index (κ3) is 3.50. The van der Waals surface area contributed by atoms with Gasteiger partial charge in [0, 0.05) is 18.0 Å².